The predicted octanol–water partition coefficient (Wildman–Crippen LogP) is 10.6. The topological polar surface area (TPSA) is 0 Å². The van der Waals surface area contributed by atoms with Gasteiger partial charge in [-0.3, -0.25) is 0 Å². The van der Waals surface area contributed by atoms with Crippen LogP contribution in [0.1, 0.15) is 103 Å². The fourth-order valence-electron chi connectivity index (χ4n) is 5.86. The Bertz CT molecular complexity index is 1430. The lowest BCUT2D eigenvalue weighted by Gasteiger charge is -2.27. The van der Waals surface area contributed by atoms with Crippen molar-refractivity contribution in [2.24, 2.45) is 0 Å². The summed E-state index contributed by atoms with van der Waals surface area (Å²) in [5.74, 6) is 0.984. The molecule has 0 saturated carbocycles. The maximum atomic E-state index is 2.48. The van der Waals surface area contributed by atoms with Crippen LogP contribution in [0.5, 0.6) is 0 Å². The SMILES string of the molecule is CC(C)c1cc2c(C(C)(C)C)ccc3c4cc(C(C)C)cc5c(C(C)(C)C)ccc(c(c1)c23)c54. The molecular weight excluding hydrogens is 408 g/mol. The summed E-state index contributed by atoms with van der Waals surface area (Å²) in [6, 6.07) is 19.5. The molecule has 0 fully saturated rings. The van der Waals surface area contributed by atoms with Gasteiger partial charge in [0.2, 0.25) is 0 Å². The van der Waals surface area contributed by atoms with E-state index in [0.29, 0.717) is 11.8 Å². The molecule has 0 heterocycles. The van der Waals surface area contributed by atoms with Gasteiger partial charge in [0.1, 0.15) is 0 Å². The molecule has 5 aromatic carbocycles. The standard InChI is InChI=1S/C34H40/c1-19(2)21-15-25-23-11-14-30(34(8,9)10)28-18-22(20(3)4)16-26(32(23)28)24-12-13-29(33(5,6)7)27(17-21)31(24)25/h11-20H,1-10H3. The molecule has 0 saturated heterocycles. The zero-order valence-electron chi connectivity index (χ0n) is 22.8. The van der Waals surface area contributed by atoms with Crippen molar-refractivity contribution in [1.82, 2.24) is 0 Å². The summed E-state index contributed by atoms with van der Waals surface area (Å²) in [6.07, 6.45) is 0. The van der Waals surface area contributed by atoms with E-state index < -0.39 is 0 Å². The Labute approximate surface area is 205 Å². The molecule has 5 aromatic rings. The van der Waals surface area contributed by atoms with Crippen molar-refractivity contribution < 1.29 is 0 Å². The Morgan fingerprint density at radius 2 is 0.765 bits per heavy atom. The van der Waals surface area contributed by atoms with Crippen LogP contribution in [0.25, 0.3) is 43.1 Å². The van der Waals surface area contributed by atoms with Gasteiger partial charge in [0.05, 0.1) is 0 Å². The molecule has 0 aliphatic rings. The molecule has 0 spiro atoms. The number of hydrogen-bond donors (Lipinski definition) is 0. The van der Waals surface area contributed by atoms with Gasteiger partial charge in [-0.2, -0.15) is 0 Å². The minimum atomic E-state index is 0.0941. The van der Waals surface area contributed by atoms with E-state index in [1.54, 1.807) is 0 Å². The highest BCUT2D eigenvalue weighted by molar-refractivity contribution is 6.33. The molecule has 0 aromatic heterocycles. The molecular formula is C34H40. The van der Waals surface area contributed by atoms with E-state index in [9.17, 15) is 0 Å². The van der Waals surface area contributed by atoms with Crippen LogP contribution in [0.2, 0.25) is 0 Å². The van der Waals surface area contributed by atoms with E-state index in [1.807, 2.05) is 0 Å². The summed E-state index contributed by atoms with van der Waals surface area (Å²) in [7, 11) is 0. The molecule has 0 heteroatoms. The molecule has 5 rings (SSSR count). The van der Waals surface area contributed by atoms with Gasteiger partial charge in [-0.25, -0.2) is 0 Å². The van der Waals surface area contributed by atoms with Gasteiger partial charge in [-0.05, 0) is 88.0 Å². The summed E-state index contributed by atoms with van der Waals surface area (Å²) >= 11 is 0. The maximum Gasteiger partial charge on any atom is -0.00232 e. The number of fused-ring (bicyclic) bond motifs is 2. The van der Waals surface area contributed by atoms with Gasteiger partial charge in [-0.1, -0.05) is 118 Å². The predicted molar refractivity (Wildman–Crippen MR) is 153 cm³/mol. The number of benzene rings is 5. The second kappa shape index (κ2) is 7.45. The first-order valence-electron chi connectivity index (χ1n) is 13.0. The van der Waals surface area contributed by atoms with Gasteiger partial charge in [0.25, 0.3) is 0 Å². The second-order valence-corrected chi connectivity index (χ2v) is 13.1. The molecule has 0 atom stereocenters. The Hall–Kier alpha value is -2.60. The van der Waals surface area contributed by atoms with Crippen molar-refractivity contribution in [3.63, 3.8) is 0 Å². The van der Waals surface area contributed by atoms with Crippen molar-refractivity contribution in [2.45, 2.75) is 91.9 Å². The van der Waals surface area contributed by atoms with Gasteiger partial charge in [-0.15, -0.1) is 0 Å². The van der Waals surface area contributed by atoms with Crippen LogP contribution in [-0.4, -0.2) is 0 Å². The monoisotopic (exact) mass is 448 g/mol. The van der Waals surface area contributed by atoms with Crippen molar-refractivity contribution in [3.8, 4) is 0 Å². The molecule has 0 bridgehead atoms. The van der Waals surface area contributed by atoms with Crippen molar-refractivity contribution in [1.29, 1.82) is 0 Å². The van der Waals surface area contributed by atoms with E-state index in [-0.39, 0.29) is 10.8 Å². The van der Waals surface area contributed by atoms with E-state index >= 15 is 0 Å². The molecule has 0 amide bonds. The molecule has 0 radical (unpaired) electrons. The minimum absolute atomic E-state index is 0.0941. The Morgan fingerprint density at radius 1 is 0.441 bits per heavy atom. The van der Waals surface area contributed by atoms with Crippen LogP contribution in [-0.2, 0) is 10.8 Å². The molecule has 176 valence electrons. The lowest BCUT2D eigenvalue weighted by atomic mass is 9.77. The molecule has 0 unspecified atom stereocenters. The second-order valence-electron chi connectivity index (χ2n) is 13.1. The van der Waals surface area contributed by atoms with Crippen molar-refractivity contribution in [3.05, 3.63) is 70.8 Å². The third kappa shape index (κ3) is 3.41. The quantitative estimate of drug-likeness (QED) is 0.186. The van der Waals surface area contributed by atoms with Crippen LogP contribution in [0.4, 0.5) is 0 Å². The summed E-state index contributed by atoms with van der Waals surface area (Å²) < 4.78 is 0. The fourth-order valence-corrected chi connectivity index (χ4v) is 5.86. The number of hydrogen-bond acceptors (Lipinski definition) is 0. The van der Waals surface area contributed by atoms with Gasteiger partial charge >= 0.3 is 0 Å². The average Bonchev–Trinajstić information content (AvgIpc) is 2.74. The highest BCUT2D eigenvalue weighted by atomic mass is 14.3. The van der Waals surface area contributed by atoms with Crippen LogP contribution < -0.4 is 0 Å². The van der Waals surface area contributed by atoms with E-state index in [0.717, 1.165) is 0 Å². The Kier molecular flexibility index (Phi) is 5.07. The Balaban J connectivity index is 2.12. The molecule has 34 heavy (non-hydrogen) atoms. The largest absolute Gasteiger partial charge is 0.0587 e. The third-order valence-electron chi connectivity index (χ3n) is 7.80. The third-order valence-corrected chi connectivity index (χ3v) is 7.80. The first kappa shape index (κ1) is 23.2. The lowest BCUT2D eigenvalue weighted by molar-refractivity contribution is 0.595. The van der Waals surface area contributed by atoms with Crippen LogP contribution in [0, 0.1) is 0 Å². The zero-order valence-corrected chi connectivity index (χ0v) is 22.8. The number of rotatable bonds is 2. The highest BCUT2D eigenvalue weighted by Gasteiger charge is 2.25. The first-order valence-corrected chi connectivity index (χ1v) is 13.0. The van der Waals surface area contributed by atoms with Crippen molar-refractivity contribution in [2.75, 3.05) is 0 Å². The molecule has 0 nitrogen and oxygen atoms in total. The molecule has 0 aliphatic carbocycles. The normalized spacial score (nSPS) is 13.5. The van der Waals surface area contributed by atoms with Crippen LogP contribution >= 0.6 is 0 Å². The van der Waals surface area contributed by atoms with Crippen LogP contribution in [0.3, 0.4) is 0 Å². The average molecular weight is 449 g/mol. The van der Waals surface area contributed by atoms with Gasteiger partial charge in [0.15, 0.2) is 0 Å². The summed E-state index contributed by atoms with van der Waals surface area (Å²) in [5.41, 5.74) is 5.94. The van der Waals surface area contributed by atoms with Crippen molar-refractivity contribution >= 4 is 43.1 Å². The van der Waals surface area contributed by atoms with Gasteiger partial charge in [0, 0.05) is 0 Å². The maximum absolute atomic E-state index is 2.48. The molecule has 0 aliphatic heterocycles. The van der Waals surface area contributed by atoms with E-state index in [2.05, 4.69) is 118 Å². The van der Waals surface area contributed by atoms with Gasteiger partial charge < -0.3 is 0 Å². The lowest BCUT2D eigenvalue weighted by Crippen LogP contribution is -2.13. The molecule has 0 N–H and O–H groups in total. The van der Waals surface area contributed by atoms with E-state index in [4.69, 9.17) is 0 Å². The van der Waals surface area contributed by atoms with E-state index in [1.165, 1.54) is 65.3 Å². The Morgan fingerprint density at radius 3 is 1.06 bits per heavy atom. The highest BCUT2D eigenvalue weighted by Crippen LogP contribution is 2.47. The summed E-state index contributed by atoms with van der Waals surface area (Å²) in [6.45, 7) is 23.3. The first-order chi connectivity index (χ1) is 15.8. The smallest absolute Gasteiger partial charge is 0.00232 e. The van der Waals surface area contributed by atoms with Crippen LogP contribution in [0.15, 0.2) is 48.5 Å². The zero-order chi connectivity index (χ0) is 24.7. The summed E-state index contributed by atoms with van der Waals surface area (Å²) in [5, 5.41) is 11.4. The minimum Gasteiger partial charge on any atom is -0.0587 e. The fraction of sp³-hybridized carbons (Fsp3) is 0.412. The summed E-state index contributed by atoms with van der Waals surface area (Å²) in [4.78, 5) is 0.